The van der Waals surface area contributed by atoms with Crippen molar-refractivity contribution in [1.29, 1.82) is 0 Å². The summed E-state index contributed by atoms with van der Waals surface area (Å²) in [6.45, 7) is 8.71. The molecule has 1 saturated heterocycles. The van der Waals surface area contributed by atoms with Gasteiger partial charge in [0.05, 0.1) is 18.2 Å². The summed E-state index contributed by atoms with van der Waals surface area (Å²) >= 11 is 0. The van der Waals surface area contributed by atoms with Crippen LogP contribution >= 0.6 is 8.15 Å². The fourth-order valence-electron chi connectivity index (χ4n) is 2.15. The highest BCUT2D eigenvalue weighted by Crippen LogP contribution is 2.38. The van der Waals surface area contributed by atoms with Crippen molar-refractivity contribution in [3.05, 3.63) is 0 Å². The third kappa shape index (κ3) is 3.42. The summed E-state index contributed by atoms with van der Waals surface area (Å²) in [4.78, 5) is 0. The Balaban J connectivity index is 2.58. The minimum atomic E-state index is -0.299. The molecule has 0 radical (unpaired) electrons. The third-order valence-corrected chi connectivity index (χ3v) is 3.63. The third-order valence-electron chi connectivity index (χ3n) is 2.96. The molecule has 0 bridgehead atoms. The normalized spacial score (nSPS) is 36.1. The van der Waals surface area contributed by atoms with Crippen molar-refractivity contribution < 1.29 is 9.26 Å². The van der Waals surface area contributed by atoms with E-state index in [0.717, 1.165) is 13.8 Å². The monoisotopic (exact) mass is 231 g/mol. The van der Waals surface area contributed by atoms with Gasteiger partial charge in [-0.05, 0) is 26.8 Å². The molecular formula is C10H23BNO2P. The van der Waals surface area contributed by atoms with E-state index in [0.29, 0.717) is 11.9 Å². The fraction of sp³-hybridized carbons (Fsp3) is 1.00. The van der Waals surface area contributed by atoms with Crippen molar-refractivity contribution in [2.45, 2.75) is 38.5 Å². The van der Waals surface area contributed by atoms with Gasteiger partial charge in [-0.1, -0.05) is 13.8 Å². The highest BCUT2D eigenvalue weighted by Gasteiger charge is 2.41. The van der Waals surface area contributed by atoms with E-state index in [1.54, 1.807) is 0 Å². The van der Waals surface area contributed by atoms with Gasteiger partial charge in [0.15, 0.2) is 0 Å². The zero-order valence-electron chi connectivity index (χ0n) is 10.5. The van der Waals surface area contributed by atoms with E-state index in [1.165, 1.54) is 0 Å². The van der Waals surface area contributed by atoms with Gasteiger partial charge in [-0.3, -0.25) is 0 Å². The fourth-order valence-corrected chi connectivity index (χ4v) is 2.96. The average Bonchev–Trinajstić information content (AvgIpc) is 2.46. The first-order valence-electron chi connectivity index (χ1n) is 5.74. The maximum Gasteiger partial charge on any atom is 0.234 e. The van der Waals surface area contributed by atoms with Crippen LogP contribution < -0.4 is 5.23 Å². The van der Waals surface area contributed by atoms with Gasteiger partial charge in [-0.15, -0.1) is 0 Å². The summed E-state index contributed by atoms with van der Waals surface area (Å²) in [6, 6.07) is 0.305. The summed E-state index contributed by atoms with van der Waals surface area (Å²) in [5.74, 6) is 0.493. The summed E-state index contributed by atoms with van der Waals surface area (Å²) in [5, 5.41) is 3.18. The SMILES string of the molecule is CC[C@H]1O[C@@H](BNC)C(C)[C@H]1OP(C)C. The van der Waals surface area contributed by atoms with E-state index in [-0.39, 0.29) is 20.4 Å². The van der Waals surface area contributed by atoms with Crippen molar-refractivity contribution >= 4 is 15.6 Å². The molecule has 1 aliphatic rings. The molecule has 1 aliphatic heterocycles. The van der Waals surface area contributed by atoms with Crippen molar-refractivity contribution in [1.82, 2.24) is 5.23 Å². The van der Waals surface area contributed by atoms with E-state index in [4.69, 9.17) is 9.26 Å². The predicted octanol–water partition coefficient (Wildman–Crippen LogP) is 1.37. The largest absolute Gasteiger partial charge is 0.379 e. The van der Waals surface area contributed by atoms with Crippen LogP contribution in [0.3, 0.4) is 0 Å². The molecule has 5 heteroatoms. The van der Waals surface area contributed by atoms with E-state index >= 15 is 0 Å². The predicted molar refractivity (Wildman–Crippen MR) is 68.0 cm³/mol. The highest BCUT2D eigenvalue weighted by atomic mass is 31.1. The Bertz CT molecular complexity index is 194. The standard InChI is InChI=1S/C10H23BNO2P/c1-6-8-9(14-15(4)5)7(2)10(13-8)11-12-3/h7-12H,6H2,1-5H3/t7?,8-,9-,10-/m1/s1. The van der Waals surface area contributed by atoms with Crippen LogP contribution in [-0.2, 0) is 9.26 Å². The topological polar surface area (TPSA) is 30.5 Å². The van der Waals surface area contributed by atoms with Gasteiger partial charge in [-0.2, -0.15) is 0 Å². The van der Waals surface area contributed by atoms with Crippen molar-refractivity contribution in [2.75, 3.05) is 20.4 Å². The molecule has 0 amide bonds. The first-order valence-corrected chi connectivity index (χ1v) is 7.89. The van der Waals surface area contributed by atoms with Gasteiger partial charge in [0.2, 0.25) is 7.41 Å². The second kappa shape index (κ2) is 6.19. The molecule has 4 atom stereocenters. The molecule has 1 unspecified atom stereocenters. The molecule has 88 valence electrons. The number of nitrogens with one attached hydrogen (secondary N) is 1. The van der Waals surface area contributed by atoms with E-state index < -0.39 is 0 Å². The summed E-state index contributed by atoms with van der Waals surface area (Å²) < 4.78 is 12.0. The Morgan fingerprint density at radius 2 is 2.13 bits per heavy atom. The van der Waals surface area contributed by atoms with Crippen LogP contribution in [0.5, 0.6) is 0 Å². The zero-order chi connectivity index (χ0) is 11.4. The lowest BCUT2D eigenvalue weighted by atomic mass is 9.77. The van der Waals surface area contributed by atoms with Crippen LogP contribution in [0.1, 0.15) is 20.3 Å². The lowest BCUT2D eigenvalue weighted by molar-refractivity contribution is 0.0428. The zero-order valence-corrected chi connectivity index (χ0v) is 11.4. The lowest BCUT2D eigenvalue weighted by Gasteiger charge is -2.23. The van der Waals surface area contributed by atoms with Crippen molar-refractivity contribution in [2.24, 2.45) is 5.92 Å². The van der Waals surface area contributed by atoms with Crippen molar-refractivity contribution in [3.63, 3.8) is 0 Å². The van der Waals surface area contributed by atoms with Gasteiger partial charge in [0.1, 0.15) is 0 Å². The Morgan fingerprint density at radius 3 is 2.60 bits per heavy atom. The molecule has 0 aromatic carbocycles. The van der Waals surface area contributed by atoms with Gasteiger partial charge in [-0.25, -0.2) is 0 Å². The van der Waals surface area contributed by atoms with Gasteiger partial charge in [0.25, 0.3) is 0 Å². The molecule has 0 aliphatic carbocycles. The molecule has 0 spiro atoms. The number of hydrogen-bond acceptors (Lipinski definition) is 3. The Kier molecular flexibility index (Phi) is 5.55. The second-order valence-corrected chi connectivity index (χ2v) is 6.26. The number of ether oxygens (including phenoxy) is 1. The van der Waals surface area contributed by atoms with Crippen LogP contribution in [0.25, 0.3) is 0 Å². The lowest BCUT2D eigenvalue weighted by Crippen LogP contribution is -2.34. The molecule has 0 aromatic rings. The molecule has 3 nitrogen and oxygen atoms in total. The molecule has 1 fully saturated rings. The molecule has 0 aromatic heterocycles. The van der Waals surface area contributed by atoms with Crippen molar-refractivity contribution in [3.8, 4) is 0 Å². The molecule has 1 rings (SSSR count). The smallest absolute Gasteiger partial charge is 0.234 e. The van der Waals surface area contributed by atoms with E-state index in [1.807, 2.05) is 7.05 Å². The molecule has 1 heterocycles. The van der Waals surface area contributed by atoms with Gasteiger partial charge in [0, 0.05) is 14.1 Å². The Labute approximate surface area is 95.4 Å². The first kappa shape index (κ1) is 13.4. The van der Waals surface area contributed by atoms with Gasteiger partial charge >= 0.3 is 0 Å². The summed E-state index contributed by atoms with van der Waals surface area (Å²) in [6.07, 6.45) is 1.61. The maximum absolute atomic E-state index is 6.02. The Morgan fingerprint density at radius 1 is 1.47 bits per heavy atom. The minimum absolute atomic E-state index is 0.281. The second-order valence-electron chi connectivity index (χ2n) is 4.42. The molecule has 1 N–H and O–H groups in total. The quantitative estimate of drug-likeness (QED) is 0.572. The molecule has 0 saturated carbocycles. The van der Waals surface area contributed by atoms with Crippen LogP contribution in [0.15, 0.2) is 0 Å². The summed E-state index contributed by atoms with van der Waals surface area (Å²) in [7, 11) is 2.59. The average molecular weight is 231 g/mol. The molecular weight excluding hydrogens is 208 g/mol. The number of hydrogen-bond donors (Lipinski definition) is 1. The molecule has 15 heavy (non-hydrogen) atoms. The summed E-state index contributed by atoms with van der Waals surface area (Å²) in [5.41, 5.74) is 0. The maximum atomic E-state index is 6.02. The van der Waals surface area contributed by atoms with Crippen LogP contribution in [0.4, 0.5) is 0 Å². The van der Waals surface area contributed by atoms with Crippen LogP contribution in [-0.4, -0.2) is 46.0 Å². The highest BCUT2D eigenvalue weighted by molar-refractivity contribution is 7.50. The minimum Gasteiger partial charge on any atom is -0.379 e. The first-order chi connectivity index (χ1) is 7.10. The van der Waals surface area contributed by atoms with Crippen LogP contribution in [0, 0.1) is 5.92 Å². The van der Waals surface area contributed by atoms with Crippen LogP contribution in [0.2, 0.25) is 0 Å². The Hall–Kier alpha value is 0.375. The van der Waals surface area contributed by atoms with E-state index in [2.05, 4.69) is 32.4 Å². The van der Waals surface area contributed by atoms with Gasteiger partial charge < -0.3 is 14.5 Å². The number of rotatable bonds is 5. The van der Waals surface area contributed by atoms with E-state index in [9.17, 15) is 0 Å².